The molecule has 4 rings (SSSR count). The summed E-state index contributed by atoms with van der Waals surface area (Å²) >= 11 is 3.34. The van der Waals surface area contributed by atoms with Crippen LogP contribution in [0, 0.1) is 0 Å². The van der Waals surface area contributed by atoms with Gasteiger partial charge in [0.05, 0.1) is 16.0 Å². The van der Waals surface area contributed by atoms with Gasteiger partial charge in [0.1, 0.15) is 5.01 Å². The lowest BCUT2D eigenvalue weighted by molar-refractivity contribution is -0.128. The first-order valence-electron chi connectivity index (χ1n) is 8.51. The Morgan fingerprint density at radius 1 is 1.08 bits per heavy atom. The minimum Gasteiger partial charge on any atom is -0.338 e. The Morgan fingerprint density at radius 2 is 1.85 bits per heavy atom. The summed E-state index contributed by atoms with van der Waals surface area (Å²) in [5.74, 6) is 2.22. The van der Waals surface area contributed by atoms with E-state index >= 15 is 0 Å². The molecule has 6 nitrogen and oxygen atoms in total. The number of hydrogen-bond donors (Lipinski definition) is 0. The fourth-order valence-corrected chi connectivity index (χ4v) is 4.86. The number of anilines is 1. The van der Waals surface area contributed by atoms with Gasteiger partial charge in [-0.05, 0) is 18.2 Å². The molecule has 3 heterocycles. The van der Waals surface area contributed by atoms with Crippen LogP contribution in [0.2, 0.25) is 0 Å². The maximum absolute atomic E-state index is 12.4. The number of carbonyl (C=O) groups is 1. The first kappa shape index (κ1) is 17.2. The second-order valence-electron chi connectivity index (χ2n) is 5.98. The summed E-state index contributed by atoms with van der Waals surface area (Å²) < 4.78 is 1.20. The van der Waals surface area contributed by atoms with Crippen molar-refractivity contribution in [3.63, 3.8) is 0 Å². The van der Waals surface area contributed by atoms with E-state index in [2.05, 4.69) is 25.9 Å². The number of amides is 1. The van der Waals surface area contributed by atoms with Gasteiger partial charge in [0, 0.05) is 44.3 Å². The van der Waals surface area contributed by atoms with E-state index in [-0.39, 0.29) is 5.91 Å². The van der Waals surface area contributed by atoms with Gasteiger partial charge in [-0.15, -0.1) is 23.1 Å². The van der Waals surface area contributed by atoms with E-state index in [0.29, 0.717) is 5.75 Å². The third kappa shape index (κ3) is 3.96. The summed E-state index contributed by atoms with van der Waals surface area (Å²) in [5.41, 5.74) is 1.04. The molecule has 3 aromatic rings. The number of para-hydroxylation sites is 1. The Hall–Kier alpha value is -2.19. The van der Waals surface area contributed by atoms with E-state index in [9.17, 15) is 4.79 Å². The number of piperazine rings is 1. The van der Waals surface area contributed by atoms with Crippen LogP contribution in [0.25, 0.3) is 10.2 Å². The Morgan fingerprint density at radius 3 is 2.62 bits per heavy atom. The Bertz CT molecular complexity index is 844. The summed E-state index contributed by atoms with van der Waals surface area (Å²) in [6, 6.07) is 9.96. The molecule has 26 heavy (non-hydrogen) atoms. The van der Waals surface area contributed by atoms with E-state index < -0.39 is 0 Å². The molecule has 0 spiro atoms. The number of carbonyl (C=O) groups excluding carboxylic acids is 1. The van der Waals surface area contributed by atoms with Gasteiger partial charge in [-0.25, -0.2) is 15.0 Å². The van der Waals surface area contributed by atoms with Crippen molar-refractivity contribution in [3.05, 3.63) is 47.7 Å². The summed E-state index contributed by atoms with van der Waals surface area (Å²) in [6.45, 7) is 2.99. The third-order valence-corrected chi connectivity index (χ3v) is 6.40. The normalized spacial score (nSPS) is 14.8. The standard InChI is InChI=1S/C18H19N5OS2/c24-17(13-25-12-16-21-14-4-1-2-5-15(14)26-16)22-8-10-23(11-9-22)18-19-6-3-7-20-18/h1-7H,8-13H2. The summed E-state index contributed by atoms with van der Waals surface area (Å²) in [6.07, 6.45) is 3.50. The number of nitrogens with zero attached hydrogens (tertiary/aromatic N) is 5. The average molecular weight is 386 g/mol. The van der Waals surface area contributed by atoms with E-state index in [1.54, 1.807) is 35.5 Å². The number of fused-ring (bicyclic) bond motifs is 1. The van der Waals surface area contributed by atoms with Gasteiger partial charge < -0.3 is 9.80 Å². The van der Waals surface area contributed by atoms with Crippen molar-refractivity contribution in [3.8, 4) is 0 Å². The number of aromatic nitrogens is 3. The fraction of sp³-hybridized carbons (Fsp3) is 0.333. The maximum Gasteiger partial charge on any atom is 0.232 e. The van der Waals surface area contributed by atoms with Gasteiger partial charge in [-0.2, -0.15) is 0 Å². The summed E-state index contributed by atoms with van der Waals surface area (Å²) in [7, 11) is 0. The second-order valence-corrected chi connectivity index (χ2v) is 8.09. The first-order chi connectivity index (χ1) is 12.8. The lowest BCUT2D eigenvalue weighted by Gasteiger charge is -2.34. The van der Waals surface area contributed by atoms with Gasteiger partial charge in [-0.3, -0.25) is 4.79 Å². The Balaban J connectivity index is 1.24. The topological polar surface area (TPSA) is 62.2 Å². The molecule has 0 radical (unpaired) electrons. The number of thiazole rings is 1. The minimum atomic E-state index is 0.199. The van der Waals surface area contributed by atoms with E-state index in [1.165, 1.54) is 4.70 Å². The van der Waals surface area contributed by atoms with Crippen molar-refractivity contribution < 1.29 is 4.79 Å². The van der Waals surface area contributed by atoms with Crippen LogP contribution in [0.4, 0.5) is 5.95 Å². The molecule has 2 aromatic heterocycles. The molecule has 1 saturated heterocycles. The number of thioether (sulfide) groups is 1. The highest BCUT2D eigenvalue weighted by atomic mass is 32.2. The van der Waals surface area contributed by atoms with Crippen LogP contribution in [0.15, 0.2) is 42.7 Å². The summed E-state index contributed by atoms with van der Waals surface area (Å²) in [5, 5.41) is 1.08. The van der Waals surface area contributed by atoms with E-state index in [0.717, 1.165) is 48.4 Å². The predicted molar refractivity (Wildman–Crippen MR) is 107 cm³/mol. The van der Waals surface area contributed by atoms with E-state index in [1.807, 2.05) is 29.2 Å². The second kappa shape index (κ2) is 8.01. The molecule has 1 fully saturated rings. The highest BCUT2D eigenvalue weighted by molar-refractivity contribution is 7.99. The molecule has 0 saturated carbocycles. The monoisotopic (exact) mass is 385 g/mol. The SMILES string of the molecule is O=C(CSCc1nc2ccccc2s1)N1CCN(c2ncccn2)CC1. The minimum absolute atomic E-state index is 0.199. The Labute approximate surface area is 160 Å². The van der Waals surface area contributed by atoms with Crippen LogP contribution in [0.1, 0.15) is 5.01 Å². The maximum atomic E-state index is 12.4. The van der Waals surface area contributed by atoms with Crippen molar-refractivity contribution >= 4 is 45.2 Å². The molecular weight excluding hydrogens is 366 g/mol. The van der Waals surface area contributed by atoms with Crippen LogP contribution in [0.5, 0.6) is 0 Å². The lowest BCUT2D eigenvalue weighted by Crippen LogP contribution is -2.49. The zero-order chi connectivity index (χ0) is 17.8. The summed E-state index contributed by atoms with van der Waals surface area (Å²) in [4.78, 5) is 29.7. The molecule has 8 heteroatoms. The van der Waals surface area contributed by atoms with Gasteiger partial charge in [-0.1, -0.05) is 12.1 Å². The number of benzene rings is 1. The van der Waals surface area contributed by atoms with E-state index in [4.69, 9.17) is 0 Å². The molecule has 0 aliphatic carbocycles. The first-order valence-corrected chi connectivity index (χ1v) is 10.5. The molecule has 0 unspecified atom stereocenters. The molecule has 134 valence electrons. The van der Waals surface area contributed by atoms with Gasteiger partial charge in [0.25, 0.3) is 0 Å². The van der Waals surface area contributed by atoms with Crippen molar-refractivity contribution in [1.29, 1.82) is 0 Å². The predicted octanol–water partition coefficient (Wildman–Crippen LogP) is 2.67. The quantitative estimate of drug-likeness (QED) is 0.673. The third-order valence-electron chi connectivity index (χ3n) is 4.26. The lowest BCUT2D eigenvalue weighted by atomic mass is 10.3. The van der Waals surface area contributed by atoms with Crippen molar-refractivity contribution in [2.75, 3.05) is 36.8 Å². The zero-order valence-corrected chi connectivity index (χ0v) is 15.9. The van der Waals surface area contributed by atoms with Crippen molar-refractivity contribution in [1.82, 2.24) is 19.9 Å². The fourth-order valence-electron chi connectivity index (χ4n) is 2.91. The zero-order valence-electron chi connectivity index (χ0n) is 14.2. The number of hydrogen-bond acceptors (Lipinski definition) is 7. The highest BCUT2D eigenvalue weighted by Gasteiger charge is 2.22. The molecule has 0 N–H and O–H groups in total. The molecule has 1 aliphatic rings. The van der Waals surface area contributed by atoms with Gasteiger partial charge >= 0.3 is 0 Å². The highest BCUT2D eigenvalue weighted by Crippen LogP contribution is 2.25. The smallest absolute Gasteiger partial charge is 0.232 e. The molecular formula is C18H19N5OS2. The average Bonchev–Trinajstić information content (AvgIpc) is 3.11. The largest absolute Gasteiger partial charge is 0.338 e. The molecule has 0 atom stereocenters. The van der Waals surface area contributed by atoms with Gasteiger partial charge in [0.2, 0.25) is 11.9 Å². The van der Waals surface area contributed by atoms with Crippen LogP contribution in [0.3, 0.4) is 0 Å². The van der Waals surface area contributed by atoms with Gasteiger partial charge in [0.15, 0.2) is 0 Å². The van der Waals surface area contributed by atoms with Crippen molar-refractivity contribution in [2.45, 2.75) is 5.75 Å². The van der Waals surface area contributed by atoms with Crippen LogP contribution < -0.4 is 4.90 Å². The van der Waals surface area contributed by atoms with Crippen LogP contribution >= 0.6 is 23.1 Å². The molecule has 0 bridgehead atoms. The molecule has 1 aromatic carbocycles. The van der Waals surface area contributed by atoms with Crippen LogP contribution in [-0.4, -0.2) is 57.7 Å². The molecule has 1 aliphatic heterocycles. The van der Waals surface area contributed by atoms with Crippen LogP contribution in [-0.2, 0) is 10.5 Å². The van der Waals surface area contributed by atoms with Crippen molar-refractivity contribution in [2.24, 2.45) is 0 Å². The molecule has 1 amide bonds. The number of rotatable bonds is 5. The Kier molecular flexibility index (Phi) is 5.31.